The van der Waals surface area contributed by atoms with E-state index in [4.69, 9.17) is 0 Å². The minimum atomic E-state index is -0.582. The van der Waals surface area contributed by atoms with Gasteiger partial charge in [0.2, 0.25) is 23.8 Å². The van der Waals surface area contributed by atoms with Gasteiger partial charge in [0.05, 0.1) is 0 Å². The molecule has 0 aliphatic heterocycles. The molecule has 4 N–H and O–H groups in total. The average molecular weight is 440 g/mol. The number of carbonyl (C=O) groups is 1. The van der Waals surface area contributed by atoms with E-state index in [0.717, 1.165) is 22.6 Å². The van der Waals surface area contributed by atoms with Gasteiger partial charge in [0.25, 0.3) is 0 Å². The van der Waals surface area contributed by atoms with Gasteiger partial charge in [-0.1, -0.05) is 54.6 Å². The van der Waals surface area contributed by atoms with Crippen LogP contribution in [0.15, 0.2) is 84.9 Å². The second kappa shape index (κ2) is 10.2. The molecule has 1 atom stereocenters. The number of nitrogens with zero attached hydrogens (tertiary/aromatic N) is 3. The highest BCUT2D eigenvalue weighted by Gasteiger charge is 2.16. The van der Waals surface area contributed by atoms with E-state index in [1.54, 1.807) is 6.92 Å². The van der Waals surface area contributed by atoms with E-state index in [1.165, 1.54) is 0 Å². The summed E-state index contributed by atoms with van der Waals surface area (Å²) in [5.41, 5.74) is 3.43. The van der Waals surface area contributed by atoms with Crippen LogP contribution >= 0.6 is 0 Å². The average Bonchev–Trinajstić information content (AvgIpc) is 2.81. The Labute approximate surface area is 192 Å². The molecule has 0 aliphatic carbocycles. The highest BCUT2D eigenvalue weighted by atomic mass is 16.2. The highest BCUT2D eigenvalue weighted by Crippen LogP contribution is 2.19. The Kier molecular flexibility index (Phi) is 6.75. The van der Waals surface area contributed by atoms with Crippen LogP contribution in [-0.2, 0) is 4.79 Å². The SMILES string of the molecule is Cc1ccccc1NC(=O)C(C)Nc1nc(Nc2ccccc2)nc(Nc2ccccc2)n1. The van der Waals surface area contributed by atoms with Crippen molar-refractivity contribution in [2.45, 2.75) is 19.9 Å². The molecule has 0 saturated heterocycles. The largest absolute Gasteiger partial charge is 0.342 e. The molecule has 1 aromatic heterocycles. The Morgan fingerprint density at radius 2 is 1.18 bits per heavy atom. The molecule has 8 heteroatoms. The van der Waals surface area contributed by atoms with E-state index < -0.39 is 6.04 Å². The van der Waals surface area contributed by atoms with Gasteiger partial charge in [0.15, 0.2) is 0 Å². The van der Waals surface area contributed by atoms with Gasteiger partial charge in [-0.3, -0.25) is 4.79 Å². The molecular formula is C25H25N7O. The highest BCUT2D eigenvalue weighted by molar-refractivity contribution is 5.96. The Balaban J connectivity index is 1.55. The molecule has 4 aromatic rings. The van der Waals surface area contributed by atoms with Crippen LogP contribution in [0, 0.1) is 6.92 Å². The number of nitrogens with one attached hydrogen (secondary N) is 4. The maximum atomic E-state index is 12.7. The van der Waals surface area contributed by atoms with Crippen LogP contribution in [0.4, 0.5) is 34.9 Å². The lowest BCUT2D eigenvalue weighted by atomic mass is 10.2. The molecule has 1 unspecified atom stereocenters. The summed E-state index contributed by atoms with van der Waals surface area (Å²) in [6.07, 6.45) is 0. The predicted molar refractivity (Wildman–Crippen MR) is 132 cm³/mol. The first kappa shape index (κ1) is 21.8. The van der Waals surface area contributed by atoms with E-state index in [0.29, 0.717) is 11.9 Å². The number of benzene rings is 3. The van der Waals surface area contributed by atoms with Crippen LogP contribution in [-0.4, -0.2) is 26.9 Å². The van der Waals surface area contributed by atoms with Crippen molar-refractivity contribution in [1.82, 2.24) is 15.0 Å². The first-order valence-electron chi connectivity index (χ1n) is 10.6. The molecule has 0 radical (unpaired) electrons. The molecule has 4 rings (SSSR count). The van der Waals surface area contributed by atoms with Crippen molar-refractivity contribution in [3.8, 4) is 0 Å². The molecular weight excluding hydrogens is 414 g/mol. The number of aryl methyl sites for hydroxylation is 1. The summed E-state index contributed by atoms with van der Waals surface area (Å²) in [4.78, 5) is 26.1. The number of anilines is 6. The number of para-hydroxylation sites is 3. The van der Waals surface area contributed by atoms with Crippen LogP contribution in [0.5, 0.6) is 0 Å². The lowest BCUT2D eigenvalue weighted by Gasteiger charge is -2.16. The Hall–Kier alpha value is -4.46. The summed E-state index contributed by atoms with van der Waals surface area (Å²) < 4.78 is 0. The van der Waals surface area contributed by atoms with Crippen molar-refractivity contribution in [1.29, 1.82) is 0 Å². The van der Waals surface area contributed by atoms with Gasteiger partial charge in [0.1, 0.15) is 6.04 Å². The number of hydrogen-bond acceptors (Lipinski definition) is 7. The first-order valence-corrected chi connectivity index (χ1v) is 10.6. The van der Waals surface area contributed by atoms with Crippen molar-refractivity contribution < 1.29 is 4.79 Å². The molecule has 0 spiro atoms. The lowest BCUT2D eigenvalue weighted by Crippen LogP contribution is -2.33. The van der Waals surface area contributed by atoms with Gasteiger partial charge in [-0.05, 0) is 49.7 Å². The van der Waals surface area contributed by atoms with E-state index >= 15 is 0 Å². The van der Waals surface area contributed by atoms with Gasteiger partial charge in [-0.25, -0.2) is 0 Å². The number of aromatic nitrogens is 3. The summed E-state index contributed by atoms with van der Waals surface area (Å²) in [5.74, 6) is 0.779. The van der Waals surface area contributed by atoms with Gasteiger partial charge < -0.3 is 21.3 Å². The summed E-state index contributed by atoms with van der Waals surface area (Å²) >= 11 is 0. The van der Waals surface area contributed by atoms with Crippen molar-refractivity contribution in [3.05, 3.63) is 90.5 Å². The van der Waals surface area contributed by atoms with Crippen molar-refractivity contribution in [2.75, 3.05) is 21.3 Å². The van der Waals surface area contributed by atoms with Gasteiger partial charge in [0, 0.05) is 17.1 Å². The fraction of sp³-hybridized carbons (Fsp3) is 0.120. The van der Waals surface area contributed by atoms with Gasteiger partial charge >= 0.3 is 0 Å². The fourth-order valence-electron chi connectivity index (χ4n) is 3.07. The fourth-order valence-corrected chi connectivity index (χ4v) is 3.07. The van der Waals surface area contributed by atoms with Crippen LogP contribution in [0.1, 0.15) is 12.5 Å². The molecule has 0 bridgehead atoms. The number of carbonyl (C=O) groups excluding carboxylic acids is 1. The van der Waals surface area contributed by atoms with E-state index in [1.807, 2.05) is 91.9 Å². The third-order valence-electron chi connectivity index (χ3n) is 4.84. The molecule has 1 amide bonds. The lowest BCUT2D eigenvalue weighted by molar-refractivity contribution is -0.116. The van der Waals surface area contributed by atoms with Crippen molar-refractivity contribution in [2.24, 2.45) is 0 Å². The summed E-state index contributed by atoms with van der Waals surface area (Å²) in [5, 5.41) is 12.4. The predicted octanol–water partition coefficient (Wildman–Crippen LogP) is 5.11. The molecule has 0 saturated carbocycles. The van der Waals surface area contributed by atoms with E-state index in [2.05, 4.69) is 36.2 Å². The Morgan fingerprint density at radius 3 is 1.73 bits per heavy atom. The molecule has 1 heterocycles. The Morgan fingerprint density at radius 1 is 0.697 bits per heavy atom. The Bertz CT molecular complexity index is 1160. The van der Waals surface area contributed by atoms with Gasteiger partial charge in [-0.15, -0.1) is 0 Å². The quantitative estimate of drug-likeness (QED) is 0.303. The number of amides is 1. The maximum absolute atomic E-state index is 12.7. The van der Waals surface area contributed by atoms with E-state index in [-0.39, 0.29) is 11.9 Å². The van der Waals surface area contributed by atoms with Gasteiger partial charge in [-0.2, -0.15) is 15.0 Å². The summed E-state index contributed by atoms with van der Waals surface area (Å²) in [6, 6.07) is 26.3. The smallest absolute Gasteiger partial charge is 0.246 e. The molecule has 0 aliphatic rings. The monoisotopic (exact) mass is 439 g/mol. The minimum absolute atomic E-state index is 0.195. The second-order valence-electron chi connectivity index (χ2n) is 7.46. The second-order valence-corrected chi connectivity index (χ2v) is 7.46. The topological polar surface area (TPSA) is 104 Å². The molecule has 3 aromatic carbocycles. The zero-order valence-corrected chi connectivity index (χ0v) is 18.4. The molecule has 33 heavy (non-hydrogen) atoms. The molecule has 8 nitrogen and oxygen atoms in total. The van der Waals surface area contributed by atoms with Crippen molar-refractivity contribution >= 4 is 40.8 Å². The van der Waals surface area contributed by atoms with Crippen molar-refractivity contribution in [3.63, 3.8) is 0 Å². The third kappa shape index (κ3) is 6.04. The van der Waals surface area contributed by atoms with E-state index in [9.17, 15) is 4.79 Å². The van der Waals surface area contributed by atoms with Crippen LogP contribution in [0.25, 0.3) is 0 Å². The maximum Gasteiger partial charge on any atom is 0.246 e. The third-order valence-corrected chi connectivity index (χ3v) is 4.84. The standard InChI is InChI=1S/C25H25N7O/c1-17-11-9-10-16-21(17)29-22(33)18(2)26-23-30-24(27-19-12-5-3-6-13-19)32-25(31-23)28-20-14-7-4-8-15-20/h3-16,18H,1-2H3,(H,29,33)(H3,26,27,28,30,31,32). The number of rotatable bonds is 8. The van der Waals surface area contributed by atoms with Crippen LogP contribution in [0.3, 0.4) is 0 Å². The number of hydrogen-bond donors (Lipinski definition) is 4. The molecule has 166 valence electrons. The first-order chi connectivity index (χ1) is 16.1. The zero-order chi connectivity index (χ0) is 23.0. The molecule has 0 fully saturated rings. The summed E-state index contributed by atoms with van der Waals surface area (Å²) in [7, 11) is 0. The summed E-state index contributed by atoms with van der Waals surface area (Å²) in [6.45, 7) is 3.70. The van der Waals surface area contributed by atoms with Crippen LogP contribution < -0.4 is 21.3 Å². The zero-order valence-electron chi connectivity index (χ0n) is 18.4. The van der Waals surface area contributed by atoms with Crippen LogP contribution in [0.2, 0.25) is 0 Å². The normalized spacial score (nSPS) is 11.3. The minimum Gasteiger partial charge on any atom is -0.342 e.